The maximum absolute atomic E-state index is 12.3. The molecule has 0 aliphatic heterocycles. The number of nitrogens with zero attached hydrogens (tertiary/aromatic N) is 1. The molecule has 2 unspecified atom stereocenters. The Morgan fingerprint density at radius 1 is 1.44 bits per heavy atom. The Hall–Kier alpha value is -1.18. The van der Waals surface area contributed by atoms with Crippen LogP contribution in [0, 0.1) is 5.92 Å². The third kappa shape index (κ3) is 2.63. The van der Waals surface area contributed by atoms with Gasteiger partial charge in [0.25, 0.3) is 0 Å². The first-order valence-corrected chi connectivity index (χ1v) is 7.46. The molecule has 1 aromatic heterocycles. The monoisotopic (exact) mass is 270 g/mol. The predicted molar refractivity (Wildman–Crippen MR) is 69.2 cm³/mol. The molecule has 100 valence electrons. The second-order valence-electron chi connectivity index (χ2n) is 4.65. The van der Waals surface area contributed by atoms with Crippen LogP contribution < -0.4 is 16.0 Å². The lowest BCUT2D eigenvalue weighted by atomic mass is 10.1. The Balaban J connectivity index is 2.25. The van der Waals surface area contributed by atoms with Gasteiger partial charge in [0.15, 0.2) is 0 Å². The van der Waals surface area contributed by atoms with Crippen LogP contribution in [-0.4, -0.2) is 19.4 Å². The Morgan fingerprint density at radius 2 is 2.22 bits per heavy atom. The van der Waals surface area contributed by atoms with E-state index in [4.69, 9.17) is 5.84 Å². The van der Waals surface area contributed by atoms with Crippen molar-refractivity contribution in [2.75, 3.05) is 5.43 Å². The van der Waals surface area contributed by atoms with E-state index in [2.05, 4.69) is 22.1 Å². The molecule has 0 amide bonds. The van der Waals surface area contributed by atoms with Gasteiger partial charge in [0.05, 0.1) is 5.69 Å². The van der Waals surface area contributed by atoms with E-state index in [9.17, 15) is 8.42 Å². The minimum Gasteiger partial charge on any atom is -0.323 e. The molecule has 1 saturated carbocycles. The number of anilines is 1. The second-order valence-corrected chi connectivity index (χ2v) is 6.33. The molecule has 0 bridgehead atoms. The fourth-order valence-electron chi connectivity index (χ4n) is 2.30. The third-order valence-corrected chi connectivity index (χ3v) is 4.91. The average Bonchev–Trinajstić information content (AvgIpc) is 2.74. The van der Waals surface area contributed by atoms with Gasteiger partial charge in [-0.2, -0.15) is 0 Å². The second kappa shape index (κ2) is 5.21. The smallest absolute Gasteiger partial charge is 0.244 e. The summed E-state index contributed by atoms with van der Waals surface area (Å²) in [6.07, 6.45) is 5.79. The zero-order chi connectivity index (χ0) is 13.2. The molecule has 6 nitrogen and oxygen atoms in total. The average molecular weight is 270 g/mol. The minimum atomic E-state index is -3.57. The van der Waals surface area contributed by atoms with E-state index in [0.29, 0.717) is 11.6 Å². The summed E-state index contributed by atoms with van der Waals surface area (Å²) in [6, 6.07) is 1.54. The highest BCUT2D eigenvalue weighted by atomic mass is 32.2. The summed E-state index contributed by atoms with van der Waals surface area (Å²) in [5.74, 6) is 5.68. The van der Waals surface area contributed by atoms with Crippen molar-refractivity contribution in [3.63, 3.8) is 0 Å². The van der Waals surface area contributed by atoms with Gasteiger partial charge in [-0.15, -0.1) is 0 Å². The number of rotatable bonds is 4. The van der Waals surface area contributed by atoms with Crippen LogP contribution in [0.15, 0.2) is 23.4 Å². The van der Waals surface area contributed by atoms with E-state index in [-0.39, 0.29) is 10.9 Å². The lowest BCUT2D eigenvalue weighted by Crippen LogP contribution is -2.36. The molecule has 2 atom stereocenters. The van der Waals surface area contributed by atoms with Crippen LogP contribution in [0.5, 0.6) is 0 Å². The number of nitrogens with one attached hydrogen (secondary N) is 2. The minimum absolute atomic E-state index is 0.000769. The van der Waals surface area contributed by atoms with E-state index in [1.807, 2.05) is 0 Å². The highest BCUT2D eigenvalue weighted by Crippen LogP contribution is 2.27. The first kappa shape index (κ1) is 13.3. The maximum atomic E-state index is 12.3. The van der Waals surface area contributed by atoms with Crippen LogP contribution in [0.3, 0.4) is 0 Å². The van der Waals surface area contributed by atoms with Gasteiger partial charge in [0.1, 0.15) is 4.90 Å². The Bertz CT molecular complexity index is 518. The number of aromatic nitrogens is 1. The van der Waals surface area contributed by atoms with Gasteiger partial charge >= 0.3 is 0 Å². The topological polar surface area (TPSA) is 97.1 Å². The van der Waals surface area contributed by atoms with E-state index in [1.54, 1.807) is 0 Å². The number of pyridine rings is 1. The zero-order valence-electron chi connectivity index (χ0n) is 10.3. The highest BCUT2D eigenvalue weighted by Gasteiger charge is 2.29. The SMILES string of the molecule is CC1CCCC1NS(=O)(=O)c1cnccc1NN. The number of nitrogens with two attached hydrogens (primary N) is 1. The largest absolute Gasteiger partial charge is 0.323 e. The van der Waals surface area contributed by atoms with Crippen LogP contribution in [0.4, 0.5) is 5.69 Å². The van der Waals surface area contributed by atoms with Crippen LogP contribution in [0.1, 0.15) is 26.2 Å². The lowest BCUT2D eigenvalue weighted by Gasteiger charge is -2.18. The van der Waals surface area contributed by atoms with Crippen LogP contribution in [0.2, 0.25) is 0 Å². The molecule has 0 radical (unpaired) electrons. The van der Waals surface area contributed by atoms with E-state index in [1.165, 1.54) is 18.5 Å². The maximum Gasteiger partial charge on any atom is 0.244 e. The van der Waals surface area contributed by atoms with Gasteiger partial charge in [-0.3, -0.25) is 10.8 Å². The van der Waals surface area contributed by atoms with Crippen molar-refractivity contribution in [2.24, 2.45) is 11.8 Å². The molecule has 0 spiro atoms. The molecule has 1 aliphatic carbocycles. The van der Waals surface area contributed by atoms with E-state index >= 15 is 0 Å². The Morgan fingerprint density at radius 3 is 2.83 bits per heavy atom. The zero-order valence-corrected chi connectivity index (χ0v) is 11.1. The Labute approximate surface area is 107 Å². The van der Waals surface area contributed by atoms with Crippen molar-refractivity contribution < 1.29 is 8.42 Å². The van der Waals surface area contributed by atoms with Gasteiger partial charge < -0.3 is 5.43 Å². The summed E-state index contributed by atoms with van der Waals surface area (Å²) in [6.45, 7) is 2.06. The summed E-state index contributed by atoms with van der Waals surface area (Å²) in [5, 5.41) is 0. The fraction of sp³-hybridized carbons (Fsp3) is 0.545. The molecule has 18 heavy (non-hydrogen) atoms. The predicted octanol–water partition coefficient (Wildman–Crippen LogP) is 0.834. The molecule has 1 fully saturated rings. The van der Waals surface area contributed by atoms with Gasteiger partial charge in [-0.25, -0.2) is 13.1 Å². The number of nitrogen functional groups attached to an aromatic ring is 1. The van der Waals surface area contributed by atoms with E-state index < -0.39 is 10.0 Å². The van der Waals surface area contributed by atoms with Crippen LogP contribution >= 0.6 is 0 Å². The van der Waals surface area contributed by atoms with Gasteiger partial charge in [0.2, 0.25) is 10.0 Å². The van der Waals surface area contributed by atoms with Crippen molar-refractivity contribution in [3.05, 3.63) is 18.5 Å². The quantitative estimate of drug-likeness (QED) is 0.556. The first-order valence-electron chi connectivity index (χ1n) is 5.97. The number of hydrazine groups is 1. The fourth-order valence-corrected chi connectivity index (χ4v) is 3.79. The van der Waals surface area contributed by atoms with Gasteiger partial charge in [0, 0.05) is 18.4 Å². The summed E-state index contributed by atoms with van der Waals surface area (Å²) in [5.41, 5.74) is 2.73. The third-order valence-electron chi connectivity index (χ3n) is 3.40. The van der Waals surface area contributed by atoms with E-state index in [0.717, 1.165) is 19.3 Å². The van der Waals surface area contributed by atoms with Gasteiger partial charge in [-0.05, 0) is 24.8 Å². The van der Waals surface area contributed by atoms with Crippen molar-refractivity contribution in [1.29, 1.82) is 0 Å². The normalized spacial score (nSPS) is 24.1. The lowest BCUT2D eigenvalue weighted by molar-refractivity contribution is 0.476. The number of hydrogen-bond donors (Lipinski definition) is 3. The molecule has 1 heterocycles. The van der Waals surface area contributed by atoms with Crippen molar-refractivity contribution in [2.45, 2.75) is 37.1 Å². The van der Waals surface area contributed by atoms with Crippen LogP contribution in [-0.2, 0) is 10.0 Å². The summed E-state index contributed by atoms with van der Waals surface area (Å²) >= 11 is 0. The molecule has 0 saturated heterocycles. The molecular formula is C11H18N4O2S. The van der Waals surface area contributed by atoms with Crippen molar-refractivity contribution >= 4 is 15.7 Å². The summed E-state index contributed by atoms with van der Waals surface area (Å²) in [7, 11) is -3.57. The van der Waals surface area contributed by atoms with Crippen LogP contribution in [0.25, 0.3) is 0 Å². The molecule has 2 rings (SSSR count). The molecular weight excluding hydrogens is 252 g/mol. The molecule has 0 aromatic carbocycles. The summed E-state index contributed by atoms with van der Waals surface area (Å²) in [4.78, 5) is 3.93. The first-order chi connectivity index (χ1) is 8.54. The standard InChI is InChI=1S/C11H18N4O2S/c1-8-3-2-4-9(8)15-18(16,17)11-7-13-6-5-10(11)14-12/h5-9,15H,2-4,12H2,1H3,(H,13,14). The number of sulfonamides is 1. The Kier molecular flexibility index (Phi) is 3.84. The molecule has 1 aromatic rings. The molecule has 1 aliphatic rings. The number of hydrogen-bond acceptors (Lipinski definition) is 5. The van der Waals surface area contributed by atoms with Gasteiger partial charge in [-0.1, -0.05) is 13.3 Å². The van der Waals surface area contributed by atoms with Crippen molar-refractivity contribution in [1.82, 2.24) is 9.71 Å². The summed E-state index contributed by atoms with van der Waals surface area (Å²) < 4.78 is 27.3. The molecule has 7 heteroatoms. The highest BCUT2D eigenvalue weighted by molar-refractivity contribution is 7.89. The van der Waals surface area contributed by atoms with Crippen molar-refractivity contribution in [3.8, 4) is 0 Å². The molecule has 4 N–H and O–H groups in total.